The van der Waals surface area contributed by atoms with Gasteiger partial charge < -0.3 is 14.6 Å². The number of hydrogen-bond donors (Lipinski definition) is 1. The lowest BCUT2D eigenvalue weighted by atomic mass is 9.89. The minimum absolute atomic E-state index is 0.103. The lowest BCUT2D eigenvalue weighted by Gasteiger charge is -2.39. The highest BCUT2D eigenvalue weighted by molar-refractivity contribution is 5.79. The summed E-state index contributed by atoms with van der Waals surface area (Å²) in [6.45, 7) is 1.47. The van der Waals surface area contributed by atoms with Crippen molar-refractivity contribution in [2.24, 2.45) is 5.92 Å². The van der Waals surface area contributed by atoms with Gasteiger partial charge in [0.1, 0.15) is 0 Å². The first kappa shape index (κ1) is 17.8. The summed E-state index contributed by atoms with van der Waals surface area (Å²) in [4.78, 5) is 30.7. The smallest absolute Gasteiger partial charge is 0.223 e. The molecule has 0 unspecified atom stereocenters. The third-order valence-corrected chi connectivity index (χ3v) is 5.59. The molecule has 2 aliphatic heterocycles. The van der Waals surface area contributed by atoms with Crippen LogP contribution in [0.15, 0.2) is 40.9 Å². The third kappa shape index (κ3) is 4.04. The molecule has 1 aromatic heterocycles. The van der Waals surface area contributed by atoms with Gasteiger partial charge in [-0.05, 0) is 19.3 Å². The van der Waals surface area contributed by atoms with Gasteiger partial charge in [-0.1, -0.05) is 30.3 Å². The number of carbonyl (C=O) groups excluding carboxylic acids is 2. The van der Waals surface area contributed by atoms with Gasteiger partial charge in [-0.15, -0.1) is 0 Å². The Bertz CT molecular complexity index is 802. The maximum Gasteiger partial charge on any atom is 0.223 e. The molecule has 6 nitrogen and oxygen atoms in total. The zero-order chi connectivity index (χ0) is 18.6. The number of nitrogens with one attached hydrogen (secondary N) is 1. The molecular weight excluding hydrogens is 342 g/mol. The molecular formula is C21H25N3O3. The van der Waals surface area contributed by atoms with Gasteiger partial charge in [0.25, 0.3) is 0 Å². The fourth-order valence-corrected chi connectivity index (χ4v) is 4.18. The normalized spacial score (nSPS) is 22.7. The summed E-state index contributed by atoms with van der Waals surface area (Å²) in [5.41, 5.74) is 0.983. The van der Waals surface area contributed by atoms with Crippen LogP contribution in [-0.4, -0.2) is 40.8 Å². The number of carbonyl (C=O) groups is 2. The van der Waals surface area contributed by atoms with Crippen LogP contribution in [0.3, 0.4) is 0 Å². The van der Waals surface area contributed by atoms with Gasteiger partial charge >= 0.3 is 0 Å². The SMILES string of the molecule is O=C1C[C@@H]([C@@H]2CCCCN2C(=O)CCc2ncc(-c3ccccc3)o2)CN1. The van der Waals surface area contributed by atoms with Crippen LogP contribution >= 0.6 is 0 Å². The van der Waals surface area contributed by atoms with E-state index in [1.165, 1.54) is 0 Å². The summed E-state index contributed by atoms with van der Waals surface area (Å²) in [6.07, 6.45) is 6.29. The number of aryl methyl sites for hydroxylation is 1. The topological polar surface area (TPSA) is 75.4 Å². The number of piperidine rings is 1. The van der Waals surface area contributed by atoms with Crippen LogP contribution in [0, 0.1) is 5.92 Å². The number of benzene rings is 1. The third-order valence-electron chi connectivity index (χ3n) is 5.59. The van der Waals surface area contributed by atoms with E-state index < -0.39 is 0 Å². The summed E-state index contributed by atoms with van der Waals surface area (Å²) in [7, 11) is 0. The summed E-state index contributed by atoms with van der Waals surface area (Å²) in [6, 6.07) is 10.0. The van der Waals surface area contributed by atoms with Gasteiger partial charge in [0.2, 0.25) is 11.8 Å². The molecule has 27 heavy (non-hydrogen) atoms. The van der Waals surface area contributed by atoms with E-state index in [9.17, 15) is 9.59 Å². The zero-order valence-corrected chi connectivity index (χ0v) is 15.4. The van der Waals surface area contributed by atoms with Gasteiger partial charge in [0.15, 0.2) is 11.7 Å². The molecule has 0 saturated carbocycles. The number of likely N-dealkylation sites (tertiary alicyclic amines) is 1. The molecule has 0 aliphatic carbocycles. The summed E-state index contributed by atoms with van der Waals surface area (Å²) < 4.78 is 5.81. The van der Waals surface area contributed by atoms with Gasteiger partial charge in [-0.25, -0.2) is 4.98 Å². The predicted octanol–water partition coefficient (Wildman–Crippen LogP) is 2.79. The van der Waals surface area contributed by atoms with Crippen molar-refractivity contribution in [2.75, 3.05) is 13.1 Å². The lowest BCUT2D eigenvalue weighted by molar-refractivity contribution is -0.136. The Morgan fingerprint density at radius 3 is 2.89 bits per heavy atom. The monoisotopic (exact) mass is 367 g/mol. The van der Waals surface area contributed by atoms with E-state index in [1.807, 2.05) is 35.2 Å². The first-order chi connectivity index (χ1) is 13.2. The number of aromatic nitrogens is 1. The van der Waals surface area contributed by atoms with Gasteiger partial charge in [-0.2, -0.15) is 0 Å². The second-order valence-electron chi connectivity index (χ2n) is 7.40. The molecule has 2 fully saturated rings. The highest BCUT2D eigenvalue weighted by atomic mass is 16.4. The van der Waals surface area contributed by atoms with Crippen molar-refractivity contribution in [1.29, 1.82) is 0 Å². The van der Waals surface area contributed by atoms with E-state index in [1.54, 1.807) is 6.20 Å². The summed E-state index contributed by atoms with van der Waals surface area (Å²) in [5.74, 6) is 1.80. The van der Waals surface area contributed by atoms with Crippen molar-refractivity contribution in [3.63, 3.8) is 0 Å². The first-order valence-electron chi connectivity index (χ1n) is 9.77. The maximum atomic E-state index is 12.8. The Morgan fingerprint density at radius 2 is 2.11 bits per heavy atom. The number of oxazole rings is 1. The van der Waals surface area contributed by atoms with Gasteiger partial charge in [-0.3, -0.25) is 9.59 Å². The number of hydrogen-bond acceptors (Lipinski definition) is 4. The van der Waals surface area contributed by atoms with Crippen molar-refractivity contribution in [1.82, 2.24) is 15.2 Å². The Hall–Kier alpha value is -2.63. The molecule has 4 rings (SSSR count). The highest BCUT2D eigenvalue weighted by Gasteiger charge is 2.36. The molecule has 2 aliphatic rings. The molecule has 142 valence electrons. The van der Waals surface area contributed by atoms with E-state index >= 15 is 0 Å². The molecule has 2 atom stereocenters. The van der Waals surface area contributed by atoms with Crippen LogP contribution in [-0.2, 0) is 16.0 Å². The largest absolute Gasteiger partial charge is 0.441 e. The zero-order valence-electron chi connectivity index (χ0n) is 15.4. The average Bonchev–Trinajstić information content (AvgIpc) is 3.36. The quantitative estimate of drug-likeness (QED) is 0.882. The lowest BCUT2D eigenvalue weighted by Crippen LogP contribution is -2.48. The molecule has 6 heteroatoms. The molecule has 1 N–H and O–H groups in total. The molecule has 0 bridgehead atoms. The van der Waals surface area contributed by atoms with E-state index in [-0.39, 0.29) is 23.8 Å². The van der Waals surface area contributed by atoms with Gasteiger partial charge in [0.05, 0.1) is 6.20 Å². The van der Waals surface area contributed by atoms with E-state index in [0.29, 0.717) is 31.7 Å². The standard InChI is InChI=1S/C21H25N3O3/c25-19-12-16(13-22-19)17-8-4-5-11-24(17)21(26)10-9-20-23-14-18(27-20)15-6-2-1-3-7-15/h1-3,6-7,14,16-17H,4-5,8-13H2,(H,22,25)/t16-,17+/m1/s1. The van der Waals surface area contributed by atoms with Crippen LogP contribution in [0.4, 0.5) is 0 Å². The molecule has 0 spiro atoms. The first-order valence-corrected chi connectivity index (χ1v) is 9.77. The fraction of sp³-hybridized carbons (Fsp3) is 0.476. The minimum Gasteiger partial charge on any atom is -0.441 e. The highest BCUT2D eigenvalue weighted by Crippen LogP contribution is 2.28. The van der Waals surface area contributed by atoms with Crippen molar-refractivity contribution < 1.29 is 14.0 Å². The van der Waals surface area contributed by atoms with Crippen LogP contribution in [0.5, 0.6) is 0 Å². The van der Waals surface area contributed by atoms with Gasteiger partial charge in [0, 0.05) is 49.9 Å². The van der Waals surface area contributed by atoms with Crippen molar-refractivity contribution in [2.45, 2.75) is 44.6 Å². The maximum absolute atomic E-state index is 12.8. The predicted molar refractivity (Wildman–Crippen MR) is 101 cm³/mol. The Kier molecular flexibility index (Phi) is 5.23. The summed E-state index contributed by atoms with van der Waals surface area (Å²) >= 11 is 0. The molecule has 1 aromatic carbocycles. The number of rotatable bonds is 5. The average molecular weight is 367 g/mol. The Morgan fingerprint density at radius 1 is 1.26 bits per heavy atom. The Balaban J connectivity index is 1.37. The minimum atomic E-state index is 0.103. The molecule has 3 heterocycles. The second-order valence-corrected chi connectivity index (χ2v) is 7.40. The number of nitrogens with zero attached hydrogens (tertiary/aromatic N) is 2. The van der Waals surface area contributed by atoms with Crippen molar-refractivity contribution in [3.05, 3.63) is 42.4 Å². The van der Waals surface area contributed by atoms with Crippen LogP contribution in [0.2, 0.25) is 0 Å². The van der Waals surface area contributed by atoms with E-state index in [0.717, 1.165) is 37.1 Å². The summed E-state index contributed by atoms with van der Waals surface area (Å²) in [5, 5.41) is 2.90. The van der Waals surface area contributed by atoms with Crippen molar-refractivity contribution in [3.8, 4) is 11.3 Å². The molecule has 2 aromatic rings. The van der Waals surface area contributed by atoms with E-state index in [4.69, 9.17) is 4.42 Å². The second kappa shape index (κ2) is 7.94. The molecule has 2 amide bonds. The number of amides is 2. The molecule has 2 saturated heterocycles. The fourth-order valence-electron chi connectivity index (χ4n) is 4.18. The van der Waals surface area contributed by atoms with Crippen LogP contribution < -0.4 is 5.32 Å². The molecule has 0 radical (unpaired) electrons. The van der Waals surface area contributed by atoms with Crippen LogP contribution in [0.1, 0.15) is 38.0 Å². The Labute approximate surface area is 159 Å². The van der Waals surface area contributed by atoms with E-state index in [2.05, 4.69) is 10.3 Å². The van der Waals surface area contributed by atoms with Crippen LogP contribution in [0.25, 0.3) is 11.3 Å². The van der Waals surface area contributed by atoms with Crippen molar-refractivity contribution >= 4 is 11.8 Å².